The number of thiazole rings is 1. The Hall–Kier alpha value is -2.80. The number of ether oxygens (including phenoxy) is 2. The molecule has 0 aliphatic heterocycles. The number of amides is 1. The van der Waals surface area contributed by atoms with Crippen molar-refractivity contribution in [2.24, 2.45) is 0 Å². The van der Waals surface area contributed by atoms with Gasteiger partial charge in [0.25, 0.3) is 5.91 Å². The van der Waals surface area contributed by atoms with Gasteiger partial charge in [0.05, 0.1) is 17.3 Å². The van der Waals surface area contributed by atoms with Crippen molar-refractivity contribution >= 4 is 33.1 Å². The number of hydrogen-bond donors (Lipinski definition) is 1. The van der Waals surface area contributed by atoms with Crippen LogP contribution in [0.4, 0.5) is 5.69 Å². The second kappa shape index (κ2) is 7.84. The summed E-state index contributed by atoms with van der Waals surface area (Å²) in [4.78, 5) is 24.6. The summed E-state index contributed by atoms with van der Waals surface area (Å²) in [7, 11) is 1.58. The molecule has 142 valence electrons. The quantitative estimate of drug-likeness (QED) is 0.694. The van der Waals surface area contributed by atoms with Crippen LogP contribution >= 0.6 is 11.3 Å². The minimum Gasteiger partial charge on any atom is -0.497 e. The summed E-state index contributed by atoms with van der Waals surface area (Å²) in [5.41, 5.74) is 1.50. The van der Waals surface area contributed by atoms with Crippen molar-refractivity contribution in [3.8, 4) is 11.5 Å². The number of aromatic nitrogens is 1. The highest BCUT2D eigenvalue weighted by Crippen LogP contribution is 2.25. The van der Waals surface area contributed by atoms with E-state index < -0.39 is 6.10 Å². The first-order valence-electron chi connectivity index (χ1n) is 8.65. The van der Waals surface area contributed by atoms with Crippen molar-refractivity contribution in [2.75, 3.05) is 12.4 Å². The number of carbonyl (C=O) groups excluding carboxylic acids is 1. The Morgan fingerprint density at radius 3 is 2.56 bits per heavy atom. The first-order chi connectivity index (χ1) is 12.9. The molecule has 27 heavy (non-hydrogen) atoms. The van der Waals surface area contributed by atoms with Crippen LogP contribution in [-0.2, 0) is 4.79 Å². The van der Waals surface area contributed by atoms with Gasteiger partial charge in [-0.2, -0.15) is 0 Å². The second-order valence-electron chi connectivity index (χ2n) is 6.44. The van der Waals surface area contributed by atoms with Crippen LogP contribution in [0.2, 0.25) is 0 Å². The molecule has 6 nitrogen and oxygen atoms in total. The molecule has 0 aliphatic rings. The van der Waals surface area contributed by atoms with Crippen molar-refractivity contribution in [3.63, 3.8) is 0 Å². The molecule has 0 bridgehead atoms. The maximum absolute atomic E-state index is 12.5. The van der Waals surface area contributed by atoms with E-state index in [1.165, 1.54) is 11.3 Å². The predicted molar refractivity (Wildman–Crippen MR) is 108 cm³/mol. The lowest BCUT2D eigenvalue weighted by molar-refractivity contribution is -0.122. The van der Waals surface area contributed by atoms with E-state index in [0.717, 1.165) is 10.2 Å². The third-order valence-corrected chi connectivity index (χ3v) is 5.04. The Balaban J connectivity index is 1.74. The number of benzene rings is 2. The Kier molecular flexibility index (Phi) is 5.51. The van der Waals surface area contributed by atoms with Gasteiger partial charge in [-0.25, -0.2) is 0 Å². The summed E-state index contributed by atoms with van der Waals surface area (Å²) in [6.45, 7) is 5.63. The Labute approximate surface area is 161 Å². The number of fused-ring (bicyclic) bond motifs is 1. The minimum atomic E-state index is -0.688. The van der Waals surface area contributed by atoms with Crippen molar-refractivity contribution in [3.05, 3.63) is 52.1 Å². The first-order valence-corrected chi connectivity index (χ1v) is 9.47. The lowest BCUT2D eigenvalue weighted by atomic mass is 10.2. The van der Waals surface area contributed by atoms with Crippen LogP contribution in [0.25, 0.3) is 10.2 Å². The molecular formula is C20H22N2O4S. The van der Waals surface area contributed by atoms with Gasteiger partial charge in [0.15, 0.2) is 6.10 Å². The van der Waals surface area contributed by atoms with Crippen LogP contribution in [-0.4, -0.2) is 23.7 Å². The fraction of sp³-hybridized carbons (Fsp3) is 0.300. The molecule has 0 saturated carbocycles. The summed E-state index contributed by atoms with van der Waals surface area (Å²) in [5, 5.41) is 2.84. The average molecular weight is 386 g/mol. The summed E-state index contributed by atoms with van der Waals surface area (Å²) in [6.07, 6.45) is -0.688. The van der Waals surface area contributed by atoms with Gasteiger partial charge in [-0.3, -0.25) is 14.2 Å². The fourth-order valence-corrected chi connectivity index (χ4v) is 3.83. The second-order valence-corrected chi connectivity index (χ2v) is 7.44. The topological polar surface area (TPSA) is 69.6 Å². The monoisotopic (exact) mass is 386 g/mol. The van der Waals surface area contributed by atoms with E-state index in [-0.39, 0.29) is 16.8 Å². The third-order valence-electron chi connectivity index (χ3n) is 4.12. The Morgan fingerprint density at radius 2 is 1.85 bits per heavy atom. The molecule has 3 rings (SSSR count). The van der Waals surface area contributed by atoms with Gasteiger partial charge in [-0.1, -0.05) is 17.4 Å². The third kappa shape index (κ3) is 4.14. The molecule has 1 N–H and O–H groups in total. The van der Waals surface area contributed by atoms with E-state index in [2.05, 4.69) is 5.32 Å². The number of nitrogens with one attached hydrogen (secondary N) is 1. The number of carbonyl (C=O) groups is 1. The van der Waals surface area contributed by atoms with E-state index in [4.69, 9.17) is 9.47 Å². The number of hydrogen-bond acceptors (Lipinski definition) is 5. The van der Waals surface area contributed by atoms with Crippen molar-refractivity contribution in [2.45, 2.75) is 32.9 Å². The van der Waals surface area contributed by atoms with Crippen molar-refractivity contribution < 1.29 is 14.3 Å². The maximum atomic E-state index is 12.5. The summed E-state index contributed by atoms with van der Waals surface area (Å²) in [6, 6.07) is 12.7. The van der Waals surface area contributed by atoms with Crippen molar-refractivity contribution in [1.29, 1.82) is 0 Å². The van der Waals surface area contributed by atoms with Crippen LogP contribution in [0.1, 0.15) is 26.8 Å². The van der Waals surface area contributed by atoms with E-state index in [9.17, 15) is 9.59 Å². The van der Waals surface area contributed by atoms with Gasteiger partial charge >= 0.3 is 4.87 Å². The number of methoxy groups -OCH3 is 1. The number of rotatable bonds is 6. The van der Waals surface area contributed by atoms with Gasteiger partial charge < -0.3 is 14.8 Å². The number of nitrogens with zero attached hydrogens (tertiary/aromatic N) is 1. The standard InChI is InChI=1S/C20H22N2O4S/c1-12(2)22-17-9-8-14(10-18(17)27-20(22)24)21-19(23)13(3)26-16-7-5-6-15(11-16)25-4/h5-13H,1-4H3,(H,21,23). The molecule has 7 heteroatoms. The molecule has 1 unspecified atom stereocenters. The molecule has 1 heterocycles. The Bertz CT molecular complexity index is 1020. The zero-order chi connectivity index (χ0) is 19.6. The minimum absolute atomic E-state index is 0.00166. The molecule has 1 atom stereocenters. The lowest BCUT2D eigenvalue weighted by Gasteiger charge is -2.15. The first kappa shape index (κ1) is 19.0. The SMILES string of the molecule is COc1cccc(OC(C)C(=O)Nc2ccc3c(c2)sc(=O)n3C(C)C)c1. The van der Waals surface area contributed by atoms with E-state index in [1.54, 1.807) is 42.9 Å². The molecule has 0 radical (unpaired) electrons. The fourth-order valence-electron chi connectivity index (χ4n) is 2.78. The molecule has 1 aromatic heterocycles. The smallest absolute Gasteiger partial charge is 0.308 e. The van der Waals surface area contributed by atoms with Gasteiger partial charge in [-0.05, 0) is 51.1 Å². The zero-order valence-corrected chi connectivity index (χ0v) is 16.5. The highest BCUT2D eigenvalue weighted by atomic mass is 32.1. The summed E-state index contributed by atoms with van der Waals surface area (Å²) < 4.78 is 13.4. The van der Waals surface area contributed by atoms with Crippen LogP contribution in [0.15, 0.2) is 47.3 Å². The molecule has 0 spiro atoms. The average Bonchev–Trinajstić information content (AvgIpc) is 2.96. The van der Waals surface area contributed by atoms with E-state index in [0.29, 0.717) is 17.2 Å². The molecule has 0 fully saturated rings. The molecule has 0 saturated heterocycles. The maximum Gasteiger partial charge on any atom is 0.308 e. The predicted octanol–water partition coefficient (Wildman–Crippen LogP) is 4.06. The van der Waals surface area contributed by atoms with Gasteiger partial charge in [-0.15, -0.1) is 0 Å². The van der Waals surface area contributed by atoms with E-state index >= 15 is 0 Å². The van der Waals surface area contributed by atoms with Crippen molar-refractivity contribution in [1.82, 2.24) is 4.57 Å². The Morgan fingerprint density at radius 1 is 1.11 bits per heavy atom. The van der Waals surface area contributed by atoms with Crippen LogP contribution in [0.3, 0.4) is 0 Å². The molecular weight excluding hydrogens is 364 g/mol. The van der Waals surface area contributed by atoms with Gasteiger partial charge in [0, 0.05) is 17.8 Å². The van der Waals surface area contributed by atoms with Crippen LogP contribution in [0, 0.1) is 0 Å². The normalized spacial score (nSPS) is 12.2. The van der Waals surface area contributed by atoms with Crippen LogP contribution in [0.5, 0.6) is 11.5 Å². The molecule has 0 aliphatic carbocycles. The van der Waals surface area contributed by atoms with E-state index in [1.807, 2.05) is 32.0 Å². The van der Waals surface area contributed by atoms with Gasteiger partial charge in [0.2, 0.25) is 0 Å². The molecule has 1 amide bonds. The largest absolute Gasteiger partial charge is 0.497 e. The highest BCUT2D eigenvalue weighted by molar-refractivity contribution is 7.16. The number of anilines is 1. The molecule has 3 aromatic rings. The zero-order valence-electron chi connectivity index (χ0n) is 15.7. The summed E-state index contributed by atoms with van der Waals surface area (Å²) in [5.74, 6) is 0.947. The summed E-state index contributed by atoms with van der Waals surface area (Å²) >= 11 is 1.17. The highest BCUT2D eigenvalue weighted by Gasteiger charge is 2.16. The molecule has 2 aromatic carbocycles. The van der Waals surface area contributed by atoms with Gasteiger partial charge in [0.1, 0.15) is 11.5 Å². The lowest BCUT2D eigenvalue weighted by Crippen LogP contribution is -2.30. The van der Waals surface area contributed by atoms with Crippen LogP contribution < -0.4 is 19.7 Å².